The van der Waals surface area contributed by atoms with Crippen LogP contribution in [0.2, 0.25) is 0 Å². The molecule has 0 bridgehead atoms. The SMILES string of the molecule is Cc1cc(F)cc(C)c1-c1c(F)c(C(CC(=O)O)NC(=O)C(CC(C)C)n2cc(CCN(C)C)c(C(F)(F)F)cc2=O)c(F)c2c1CCC2. The molecule has 4 rings (SSSR count). The maximum absolute atomic E-state index is 16.8. The minimum atomic E-state index is -4.84. The van der Waals surface area contributed by atoms with E-state index in [9.17, 15) is 37.1 Å². The predicted octanol–water partition coefficient (Wildman–Crippen LogP) is 7.08. The number of alkyl halides is 3. The maximum atomic E-state index is 16.8. The summed E-state index contributed by atoms with van der Waals surface area (Å²) in [6.07, 6.45) is -3.92. The van der Waals surface area contributed by atoms with Crippen molar-refractivity contribution in [2.45, 2.75) is 84.5 Å². The van der Waals surface area contributed by atoms with Crippen LogP contribution >= 0.6 is 0 Å². The van der Waals surface area contributed by atoms with E-state index < -0.39 is 70.7 Å². The van der Waals surface area contributed by atoms with Crippen LogP contribution in [-0.2, 0) is 35.0 Å². The van der Waals surface area contributed by atoms with Gasteiger partial charge in [-0.1, -0.05) is 13.8 Å². The van der Waals surface area contributed by atoms with Crippen LogP contribution in [0.4, 0.5) is 26.3 Å². The number of halogens is 6. The van der Waals surface area contributed by atoms with Gasteiger partial charge in [-0.05, 0) is 111 Å². The lowest BCUT2D eigenvalue weighted by atomic mass is 9.86. The van der Waals surface area contributed by atoms with E-state index in [4.69, 9.17) is 0 Å². The van der Waals surface area contributed by atoms with E-state index in [1.807, 2.05) is 0 Å². The van der Waals surface area contributed by atoms with Gasteiger partial charge in [0.2, 0.25) is 5.91 Å². The largest absolute Gasteiger partial charge is 0.481 e. The molecule has 3 aromatic rings. The number of aliphatic carboxylic acids is 1. The van der Waals surface area contributed by atoms with Gasteiger partial charge in [0.05, 0.1) is 18.0 Å². The highest BCUT2D eigenvalue weighted by molar-refractivity contribution is 5.82. The van der Waals surface area contributed by atoms with Crippen molar-refractivity contribution in [2.75, 3.05) is 20.6 Å². The molecule has 0 saturated carbocycles. The Bertz CT molecular complexity index is 1790. The summed E-state index contributed by atoms with van der Waals surface area (Å²) in [7, 11) is 3.34. The average molecular weight is 694 g/mol. The molecule has 13 heteroatoms. The molecule has 266 valence electrons. The zero-order valence-corrected chi connectivity index (χ0v) is 28.3. The summed E-state index contributed by atoms with van der Waals surface area (Å²) >= 11 is 0. The number of carbonyl (C=O) groups is 2. The average Bonchev–Trinajstić information content (AvgIpc) is 3.45. The quantitative estimate of drug-likeness (QED) is 0.198. The number of aromatic nitrogens is 1. The first kappa shape index (κ1) is 37.7. The molecule has 2 atom stereocenters. The number of fused-ring (bicyclic) bond motifs is 1. The number of rotatable bonds is 12. The van der Waals surface area contributed by atoms with E-state index in [1.54, 1.807) is 46.7 Å². The fourth-order valence-electron chi connectivity index (χ4n) is 6.76. The van der Waals surface area contributed by atoms with Crippen molar-refractivity contribution in [3.63, 3.8) is 0 Å². The number of carboxylic acids is 1. The zero-order valence-electron chi connectivity index (χ0n) is 28.3. The molecule has 1 aliphatic carbocycles. The molecule has 2 aromatic carbocycles. The van der Waals surface area contributed by atoms with Gasteiger partial charge >= 0.3 is 12.1 Å². The van der Waals surface area contributed by atoms with Gasteiger partial charge in [-0.15, -0.1) is 0 Å². The molecular formula is C36H41F6N3O4. The van der Waals surface area contributed by atoms with Crippen LogP contribution < -0.4 is 10.9 Å². The standard InChI is InChI=1S/C36H41F6N3O4/c1-18(2)12-27(45-17-21(10-11-44(5)6)25(15-28(45)46)36(40,41)42)35(49)43-26(16-29(47)48)32-33(38)24-9-7-8-23(24)31(34(32)39)30-19(3)13-22(37)14-20(30)4/h13-15,17-18,26-27H,7-12,16H2,1-6H3,(H,43,49)(H,47,48). The minimum Gasteiger partial charge on any atom is -0.481 e. The Labute approximate surface area is 280 Å². The van der Waals surface area contributed by atoms with E-state index in [0.29, 0.717) is 41.2 Å². The van der Waals surface area contributed by atoms with E-state index in [1.165, 1.54) is 12.1 Å². The van der Waals surface area contributed by atoms with Gasteiger partial charge < -0.3 is 19.9 Å². The lowest BCUT2D eigenvalue weighted by Crippen LogP contribution is -2.41. The van der Waals surface area contributed by atoms with Crippen molar-refractivity contribution in [3.8, 4) is 11.1 Å². The molecule has 1 aliphatic rings. The summed E-state index contributed by atoms with van der Waals surface area (Å²) in [4.78, 5) is 41.0. The van der Waals surface area contributed by atoms with E-state index >= 15 is 8.78 Å². The Hall–Kier alpha value is -4.13. The number of hydrogen-bond donors (Lipinski definition) is 2. The molecule has 2 N–H and O–H groups in total. The van der Waals surface area contributed by atoms with Crippen LogP contribution in [0.25, 0.3) is 11.1 Å². The van der Waals surface area contributed by atoms with Crippen molar-refractivity contribution in [1.29, 1.82) is 0 Å². The highest BCUT2D eigenvalue weighted by Gasteiger charge is 2.37. The molecule has 0 saturated heterocycles. The van der Waals surface area contributed by atoms with Crippen molar-refractivity contribution < 1.29 is 41.0 Å². The normalized spacial score (nSPS) is 14.3. The molecule has 0 radical (unpaired) electrons. The first-order valence-electron chi connectivity index (χ1n) is 16.1. The number of amides is 1. The fourth-order valence-corrected chi connectivity index (χ4v) is 6.76. The van der Waals surface area contributed by atoms with Crippen LogP contribution in [0.3, 0.4) is 0 Å². The number of nitrogens with zero attached hydrogens (tertiary/aromatic N) is 2. The van der Waals surface area contributed by atoms with Gasteiger partial charge in [0, 0.05) is 29.9 Å². The maximum Gasteiger partial charge on any atom is 0.416 e. The van der Waals surface area contributed by atoms with E-state index in [-0.39, 0.29) is 48.4 Å². The second-order valence-corrected chi connectivity index (χ2v) is 13.5. The summed E-state index contributed by atoms with van der Waals surface area (Å²) in [5.74, 6) is -5.41. The number of carbonyl (C=O) groups excluding carboxylic acids is 1. The lowest BCUT2D eigenvalue weighted by Gasteiger charge is -2.28. The highest BCUT2D eigenvalue weighted by atomic mass is 19.4. The van der Waals surface area contributed by atoms with Gasteiger partial charge in [0.1, 0.15) is 23.5 Å². The number of carboxylic acid groups (broad SMARTS) is 1. The third-order valence-electron chi connectivity index (χ3n) is 8.90. The number of aryl methyl sites for hydroxylation is 2. The number of benzene rings is 2. The van der Waals surface area contributed by atoms with Crippen LogP contribution in [0.15, 0.2) is 29.2 Å². The fraction of sp³-hybridized carbons (Fsp3) is 0.472. The van der Waals surface area contributed by atoms with Gasteiger partial charge in [0.25, 0.3) is 5.56 Å². The van der Waals surface area contributed by atoms with Crippen LogP contribution in [0.1, 0.15) is 84.1 Å². The molecular weight excluding hydrogens is 652 g/mol. The minimum absolute atomic E-state index is 0.00626. The van der Waals surface area contributed by atoms with Crippen LogP contribution in [0.5, 0.6) is 0 Å². The molecule has 2 unspecified atom stereocenters. The van der Waals surface area contributed by atoms with Crippen molar-refractivity contribution in [1.82, 2.24) is 14.8 Å². The van der Waals surface area contributed by atoms with E-state index in [2.05, 4.69) is 5.32 Å². The Morgan fingerprint density at radius 3 is 2.14 bits per heavy atom. The number of likely N-dealkylation sites (N-methyl/N-ethyl adjacent to an activating group) is 1. The van der Waals surface area contributed by atoms with Gasteiger partial charge in [0.15, 0.2) is 0 Å². The third kappa shape index (κ3) is 8.20. The lowest BCUT2D eigenvalue weighted by molar-refractivity contribution is -0.139. The summed E-state index contributed by atoms with van der Waals surface area (Å²) in [6.45, 7) is 6.80. The topological polar surface area (TPSA) is 91.6 Å². The smallest absolute Gasteiger partial charge is 0.416 e. The van der Waals surface area contributed by atoms with Crippen LogP contribution in [0, 0.1) is 37.2 Å². The van der Waals surface area contributed by atoms with Gasteiger partial charge in [-0.2, -0.15) is 13.2 Å². The molecule has 1 aromatic heterocycles. The third-order valence-corrected chi connectivity index (χ3v) is 8.90. The second kappa shape index (κ2) is 14.8. The predicted molar refractivity (Wildman–Crippen MR) is 173 cm³/mol. The number of hydrogen-bond acceptors (Lipinski definition) is 4. The second-order valence-electron chi connectivity index (χ2n) is 13.5. The molecule has 7 nitrogen and oxygen atoms in total. The molecule has 0 spiro atoms. The zero-order chi connectivity index (χ0) is 36.5. The molecule has 49 heavy (non-hydrogen) atoms. The highest BCUT2D eigenvalue weighted by Crippen LogP contribution is 2.43. The van der Waals surface area contributed by atoms with Crippen LogP contribution in [-0.4, -0.2) is 47.1 Å². The summed E-state index contributed by atoms with van der Waals surface area (Å²) in [5, 5.41) is 12.3. The monoisotopic (exact) mass is 693 g/mol. The molecule has 1 heterocycles. The Balaban J connectivity index is 1.88. The molecule has 0 fully saturated rings. The summed E-state index contributed by atoms with van der Waals surface area (Å²) in [6, 6.07) is -0.337. The van der Waals surface area contributed by atoms with Gasteiger partial charge in [-0.25, -0.2) is 13.2 Å². The number of pyridine rings is 1. The number of nitrogens with one attached hydrogen (secondary N) is 1. The Kier molecular flexibility index (Phi) is 11.4. The van der Waals surface area contributed by atoms with Crippen molar-refractivity contribution in [3.05, 3.63) is 91.1 Å². The Morgan fingerprint density at radius 1 is 0.980 bits per heavy atom. The van der Waals surface area contributed by atoms with Gasteiger partial charge in [-0.3, -0.25) is 14.4 Å². The van der Waals surface area contributed by atoms with E-state index in [0.717, 1.165) is 10.8 Å². The summed E-state index contributed by atoms with van der Waals surface area (Å²) < 4.78 is 90.0. The molecule has 0 aliphatic heterocycles. The summed E-state index contributed by atoms with van der Waals surface area (Å²) in [5.41, 5.74) is -1.51. The Morgan fingerprint density at radius 2 is 1.59 bits per heavy atom. The van der Waals surface area contributed by atoms with Crippen molar-refractivity contribution in [2.24, 2.45) is 5.92 Å². The molecule has 1 amide bonds. The first-order valence-corrected chi connectivity index (χ1v) is 16.1. The first-order chi connectivity index (χ1) is 22.8. The van der Waals surface area contributed by atoms with Crippen molar-refractivity contribution >= 4 is 11.9 Å².